The van der Waals surface area contributed by atoms with Crippen LogP contribution in [-0.4, -0.2) is 46.2 Å². The molecule has 7 heteroatoms. The summed E-state index contributed by atoms with van der Waals surface area (Å²) in [6.07, 6.45) is 2.42. The highest BCUT2D eigenvalue weighted by atomic mass is 79.9. The zero-order valence-electron chi connectivity index (χ0n) is 15.8. The molecule has 0 spiro atoms. The topological polar surface area (TPSA) is 89.9 Å². The van der Waals surface area contributed by atoms with Gasteiger partial charge >= 0.3 is 11.9 Å². The molecule has 2 aromatic rings. The van der Waals surface area contributed by atoms with Crippen LogP contribution in [0.2, 0.25) is 0 Å². The van der Waals surface area contributed by atoms with Gasteiger partial charge in [0.1, 0.15) is 0 Å². The van der Waals surface area contributed by atoms with Crippen molar-refractivity contribution in [3.63, 3.8) is 0 Å². The Morgan fingerprint density at radius 2 is 1.68 bits per heavy atom. The molecule has 28 heavy (non-hydrogen) atoms. The van der Waals surface area contributed by atoms with Crippen molar-refractivity contribution in [2.45, 2.75) is 32.4 Å². The highest BCUT2D eigenvalue weighted by Crippen LogP contribution is 2.23. The molecule has 1 saturated heterocycles. The summed E-state index contributed by atoms with van der Waals surface area (Å²) >= 11 is 3.53. The Hall–Kier alpha value is -2.38. The average Bonchev–Trinajstić information content (AvgIpc) is 2.67. The number of nitrogens with zero attached hydrogens (tertiary/aromatic N) is 1. The monoisotopic (exact) mass is 448 g/mol. The number of nitrogens with one attached hydrogen (secondary N) is 1. The quantitative estimate of drug-likeness (QED) is 0.612. The third-order valence-electron chi connectivity index (χ3n) is 4.57. The average molecular weight is 449 g/mol. The van der Waals surface area contributed by atoms with Crippen LogP contribution >= 0.6 is 15.9 Å². The van der Waals surface area contributed by atoms with Crippen molar-refractivity contribution < 1.29 is 19.8 Å². The summed E-state index contributed by atoms with van der Waals surface area (Å²) in [5, 5.41) is 18.5. The maximum Gasteiger partial charge on any atom is 0.414 e. The molecular weight excluding hydrogens is 424 g/mol. The lowest BCUT2D eigenvalue weighted by molar-refractivity contribution is -0.159. The molecule has 2 aromatic carbocycles. The minimum absolute atomic E-state index is 0.590. The molecule has 1 heterocycles. The summed E-state index contributed by atoms with van der Waals surface area (Å²) < 4.78 is 1.15. The van der Waals surface area contributed by atoms with Gasteiger partial charge in [-0.2, -0.15) is 0 Å². The number of anilines is 1. The fourth-order valence-corrected chi connectivity index (χ4v) is 3.56. The van der Waals surface area contributed by atoms with Crippen molar-refractivity contribution in [1.29, 1.82) is 0 Å². The van der Waals surface area contributed by atoms with Gasteiger partial charge in [0, 0.05) is 35.8 Å². The molecule has 1 aliphatic rings. The van der Waals surface area contributed by atoms with Gasteiger partial charge in [-0.15, -0.1) is 0 Å². The lowest BCUT2D eigenvalue weighted by atomic mass is 10.0. The van der Waals surface area contributed by atoms with Gasteiger partial charge in [-0.3, -0.25) is 4.90 Å². The van der Waals surface area contributed by atoms with Crippen molar-refractivity contribution >= 4 is 33.6 Å². The second-order valence-corrected chi connectivity index (χ2v) is 7.67. The van der Waals surface area contributed by atoms with Crippen LogP contribution in [0.4, 0.5) is 5.69 Å². The smallest absolute Gasteiger partial charge is 0.414 e. The molecule has 0 atom stereocenters. The Morgan fingerprint density at radius 1 is 1.07 bits per heavy atom. The SMILES string of the molecule is Cc1cc(Br)ccc1NC1CCN(Cc2ccccc2)CC1.O=C(O)C(=O)O. The number of carbonyl (C=O) groups is 2. The first-order valence-corrected chi connectivity index (χ1v) is 9.89. The molecule has 0 bridgehead atoms. The van der Waals surface area contributed by atoms with Gasteiger partial charge in [0.15, 0.2) is 0 Å². The Morgan fingerprint density at radius 3 is 2.21 bits per heavy atom. The van der Waals surface area contributed by atoms with Gasteiger partial charge in [-0.25, -0.2) is 9.59 Å². The van der Waals surface area contributed by atoms with Gasteiger partial charge < -0.3 is 15.5 Å². The molecule has 0 radical (unpaired) electrons. The van der Waals surface area contributed by atoms with E-state index in [1.54, 1.807) is 0 Å². The van der Waals surface area contributed by atoms with E-state index in [0.29, 0.717) is 6.04 Å². The maximum absolute atomic E-state index is 9.10. The molecule has 3 N–H and O–H groups in total. The van der Waals surface area contributed by atoms with E-state index in [1.165, 1.54) is 42.7 Å². The number of rotatable bonds is 4. The lowest BCUT2D eigenvalue weighted by Crippen LogP contribution is -2.38. The predicted molar refractivity (Wildman–Crippen MR) is 113 cm³/mol. The molecule has 0 aliphatic carbocycles. The molecule has 150 valence electrons. The molecule has 0 amide bonds. The van der Waals surface area contributed by atoms with Crippen LogP contribution in [0, 0.1) is 6.92 Å². The molecular formula is C21H25BrN2O4. The number of halogens is 1. The molecule has 0 saturated carbocycles. The number of piperidine rings is 1. The highest BCUT2D eigenvalue weighted by Gasteiger charge is 2.19. The number of aliphatic carboxylic acids is 2. The predicted octanol–water partition coefficient (Wildman–Crippen LogP) is 3.99. The molecule has 6 nitrogen and oxygen atoms in total. The minimum Gasteiger partial charge on any atom is -0.473 e. The van der Waals surface area contributed by atoms with Crippen LogP contribution in [0.5, 0.6) is 0 Å². The summed E-state index contributed by atoms with van der Waals surface area (Å²) in [5.74, 6) is -3.65. The van der Waals surface area contributed by atoms with E-state index >= 15 is 0 Å². The standard InChI is InChI=1S/C19H23BrN2.C2H2O4/c1-15-13-17(20)7-8-19(15)21-18-9-11-22(12-10-18)14-16-5-3-2-4-6-16;3-1(4)2(5)6/h2-8,13,18,21H,9-12,14H2,1H3;(H,3,4)(H,5,6). The molecule has 0 unspecified atom stereocenters. The minimum atomic E-state index is -1.82. The third kappa shape index (κ3) is 7.32. The van der Waals surface area contributed by atoms with Crippen molar-refractivity contribution in [3.8, 4) is 0 Å². The third-order valence-corrected chi connectivity index (χ3v) is 5.06. The normalized spacial score (nSPS) is 14.6. The number of hydrogen-bond acceptors (Lipinski definition) is 4. The second-order valence-electron chi connectivity index (χ2n) is 6.75. The van der Waals surface area contributed by atoms with Gasteiger partial charge in [0.05, 0.1) is 0 Å². The maximum atomic E-state index is 9.10. The van der Waals surface area contributed by atoms with Gasteiger partial charge in [0.25, 0.3) is 0 Å². The number of aryl methyl sites for hydroxylation is 1. The fraction of sp³-hybridized carbons (Fsp3) is 0.333. The van der Waals surface area contributed by atoms with E-state index in [9.17, 15) is 0 Å². The molecule has 1 aliphatic heterocycles. The van der Waals surface area contributed by atoms with Crippen LogP contribution in [-0.2, 0) is 16.1 Å². The van der Waals surface area contributed by atoms with E-state index in [-0.39, 0.29) is 0 Å². The van der Waals surface area contributed by atoms with E-state index in [4.69, 9.17) is 19.8 Å². The Balaban J connectivity index is 0.000000409. The first-order chi connectivity index (χ1) is 13.3. The first-order valence-electron chi connectivity index (χ1n) is 9.10. The van der Waals surface area contributed by atoms with Crippen LogP contribution in [0.15, 0.2) is 53.0 Å². The summed E-state index contributed by atoms with van der Waals surface area (Å²) in [7, 11) is 0. The van der Waals surface area contributed by atoms with Crippen molar-refractivity contribution in [2.75, 3.05) is 18.4 Å². The highest BCUT2D eigenvalue weighted by molar-refractivity contribution is 9.10. The van der Waals surface area contributed by atoms with Crippen molar-refractivity contribution in [1.82, 2.24) is 4.90 Å². The van der Waals surface area contributed by atoms with Crippen molar-refractivity contribution in [2.24, 2.45) is 0 Å². The Kier molecular flexibility index (Phi) is 8.47. The van der Waals surface area contributed by atoms with E-state index in [0.717, 1.165) is 11.0 Å². The number of carboxylic acid groups (broad SMARTS) is 2. The number of carboxylic acids is 2. The number of likely N-dealkylation sites (tertiary alicyclic amines) is 1. The van der Waals surface area contributed by atoms with E-state index in [2.05, 4.69) is 81.6 Å². The second kappa shape index (κ2) is 10.8. The van der Waals surface area contributed by atoms with Gasteiger partial charge in [-0.05, 0) is 49.1 Å². The van der Waals surface area contributed by atoms with Crippen LogP contribution in [0.1, 0.15) is 24.0 Å². The molecule has 3 rings (SSSR count). The van der Waals surface area contributed by atoms with Crippen LogP contribution < -0.4 is 5.32 Å². The van der Waals surface area contributed by atoms with Crippen LogP contribution in [0.3, 0.4) is 0 Å². The lowest BCUT2D eigenvalue weighted by Gasteiger charge is -2.33. The molecule has 0 aromatic heterocycles. The summed E-state index contributed by atoms with van der Waals surface area (Å²) in [5.41, 5.74) is 3.99. The van der Waals surface area contributed by atoms with Crippen molar-refractivity contribution in [3.05, 3.63) is 64.1 Å². The summed E-state index contributed by atoms with van der Waals surface area (Å²) in [6.45, 7) is 5.58. The summed E-state index contributed by atoms with van der Waals surface area (Å²) in [4.78, 5) is 20.8. The van der Waals surface area contributed by atoms with Gasteiger partial charge in [0.2, 0.25) is 0 Å². The summed E-state index contributed by atoms with van der Waals surface area (Å²) in [6, 6.07) is 17.8. The number of benzene rings is 2. The van der Waals surface area contributed by atoms with Crippen LogP contribution in [0.25, 0.3) is 0 Å². The fourth-order valence-electron chi connectivity index (χ4n) is 3.09. The van der Waals surface area contributed by atoms with E-state index < -0.39 is 11.9 Å². The Bertz CT molecular complexity index is 778. The van der Waals surface area contributed by atoms with E-state index in [1.807, 2.05) is 0 Å². The largest absolute Gasteiger partial charge is 0.473 e. The zero-order valence-corrected chi connectivity index (χ0v) is 17.4. The molecule has 1 fully saturated rings. The first kappa shape index (κ1) is 21.9. The zero-order chi connectivity index (χ0) is 20.5. The van der Waals surface area contributed by atoms with Gasteiger partial charge in [-0.1, -0.05) is 46.3 Å². The number of hydrogen-bond donors (Lipinski definition) is 3. The Labute approximate surface area is 173 Å².